The Balaban J connectivity index is 1.94. The summed E-state index contributed by atoms with van der Waals surface area (Å²) in [5.41, 5.74) is 0.907. The van der Waals surface area contributed by atoms with Gasteiger partial charge >= 0.3 is 5.97 Å². The minimum Gasteiger partial charge on any atom is -0.481 e. The molecule has 6 nitrogen and oxygen atoms in total. The van der Waals surface area contributed by atoms with E-state index in [4.69, 9.17) is 9.47 Å². The maximum atomic E-state index is 11.5. The normalized spacial score (nSPS) is 22.1. The quantitative estimate of drug-likeness (QED) is 0.849. The SMILES string of the molecule is COC(=O)C1CCC(Nc2ncnc(OC)c2C)CC1. The minimum atomic E-state index is -0.0941. The van der Waals surface area contributed by atoms with Crippen molar-refractivity contribution in [1.29, 1.82) is 0 Å². The molecule has 0 saturated heterocycles. The van der Waals surface area contributed by atoms with Gasteiger partial charge in [0.2, 0.25) is 5.88 Å². The van der Waals surface area contributed by atoms with Crippen LogP contribution < -0.4 is 10.1 Å². The molecular formula is C14H21N3O3. The Bertz CT molecular complexity index is 471. The predicted octanol–water partition coefficient (Wildman–Crippen LogP) is 1.94. The molecule has 1 fully saturated rings. The lowest BCUT2D eigenvalue weighted by atomic mass is 9.86. The summed E-state index contributed by atoms with van der Waals surface area (Å²) in [6, 6.07) is 0.328. The summed E-state index contributed by atoms with van der Waals surface area (Å²) in [7, 11) is 3.05. The van der Waals surface area contributed by atoms with Crippen molar-refractivity contribution in [2.45, 2.75) is 38.6 Å². The smallest absolute Gasteiger partial charge is 0.308 e. The third kappa shape index (κ3) is 3.18. The van der Waals surface area contributed by atoms with E-state index in [-0.39, 0.29) is 11.9 Å². The predicted molar refractivity (Wildman–Crippen MR) is 74.7 cm³/mol. The zero-order chi connectivity index (χ0) is 14.5. The first-order valence-corrected chi connectivity index (χ1v) is 6.85. The van der Waals surface area contributed by atoms with E-state index in [0.717, 1.165) is 37.1 Å². The molecule has 0 amide bonds. The summed E-state index contributed by atoms with van der Waals surface area (Å²) < 4.78 is 9.98. The fourth-order valence-corrected chi connectivity index (χ4v) is 2.62. The number of carbonyl (C=O) groups excluding carboxylic acids is 1. The third-order valence-electron chi connectivity index (χ3n) is 3.83. The third-order valence-corrected chi connectivity index (χ3v) is 3.83. The fraction of sp³-hybridized carbons (Fsp3) is 0.643. The highest BCUT2D eigenvalue weighted by Gasteiger charge is 2.27. The van der Waals surface area contributed by atoms with Crippen LogP contribution in [0.1, 0.15) is 31.2 Å². The van der Waals surface area contributed by atoms with Crippen LogP contribution in [0.2, 0.25) is 0 Å². The number of nitrogens with one attached hydrogen (secondary N) is 1. The van der Waals surface area contributed by atoms with Crippen LogP contribution in [0.15, 0.2) is 6.33 Å². The number of rotatable bonds is 4. The van der Waals surface area contributed by atoms with Crippen molar-refractivity contribution < 1.29 is 14.3 Å². The molecule has 0 spiro atoms. The second-order valence-corrected chi connectivity index (χ2v) is 5.07. The van der Waals surface area contributed by atoms with E-state index in [1.54, 1.807) is 7.11 Å². The fourth-order valence-electron chi connectivity index (χ4n) is 2.62. The van der Waals surface area contributed by atoms with Crippen LogP contribution in [0.4, 0.5) is 5.82 Å². The van der Waals surface area contributed by atoms with Crippen LogP contribution in [0.25, 0.3) is 0 Å². The molecule has 1 heterocycles. The molecule has 110 valence electrons. The number of methoxy groups -OCH3 is 2. The highest BCUT2D eigenvalue weighted by molar-refractivity contribution is 5.72. The Kier molecular flexibility index (Phi) is 4.76. The number of esters is 1. The first-order valence-electron chi connectivity index (χ1n) is 6.85. The summed E-state index contributed by atoms with van der Waals surface area (Å²) >= 11 is 0. The Morgan fingerprint density at radius 2 is 1.95 bits per heavy atom. The van der Waals surface area contributed by atoms with E-state index in [0.29, 0.717) is 11.9 Å². The molecule has 0 unspecified atom stereocenters. The maximum absolute atomic E-state index is 11.5. The first kappa shape index (κ1) is 14.6. The largest absolute Gasteiger partial charge is 0.481 e. The van der Waals surface area contributed by atoms with Gasteiger partial charge in [0.1, 0.15) is 12.1 Å². The lowest BCUT2D eigenvalue weighted by Gasteiger charge is -2.28. The van der Waals surface area contributed by atoms with Gasteiger partial charge in [0.15, 0.2) is 0 Å². The van der Waals surface area contributed by atoms with E-state index in [2.05, 4.69) is 15.3 Å². The van der Waals surface area contributed by atoms with Gasteiger partial charge in [-0.1, -0.05) is 0 Å². The molecule has 0 atom stereocenters. The van der Waals surface area contributed by atoms with Gasteiger partial charge in [-0.15, -0.1) is 0 Å². The highest BCUT2D eigenvalue weighted by atomic mass is 16.5. The minimum absolute atomic E-state index is 0.0408. The molecule has 2 rings (SSSR count). The van der Waals surface area contributed by atoms with Crippen molar-refractivity contribution in [3.05, 3.63) is 11.9 Å². The van der Waals surface area contributed by atoms with E-state index in [1.807, 2.05) is 6.92 Å². The van der Waals surface area contributed by atoms with Crippen molar-refractivity contribution >= 4 is 11.8 Å². The molecule has 1 aromatic heterocycles. The topological polar surface area (TPSA) is 73.3 Å². The van der Waals surface area contributed by atoms with Crippen molar-refractivity contribution in [3.8, 4) is 5.88 Å². The van der Waals surface area contributed by atoms with Crippen LogP contribution in [-0.2, 0) is 9.53 Å². The number of aromatic nitrogens is 2. The van der Waals surface area contributed by atoms with Crippen molar-refractivity contribution in [2.24, 2.45) is 5.92 Å². The Labute approximate surface area is 118 Å². The van der Waals surface area contributed by atoms with E-state index in [1.165, 1.54) is 13.4 Å². The van der Waals surface area contributed by atoms with Gasteiger partial charge in [0.25, 0.3) is 0 Å². The van der Waals surface area contributed by atoms with Crippen LogP contribution in [0.5, 0.6) is 5.88 Å². The number of hydrogen-bond donors (Lipinski definition) is 1. The molecule has 1 aromatic rings. The lowest BCUT2D eigenvalue weighted by molar-refractivity contribution is -0.146. The molecule has 1 aliphatic carbocycles. The summed E-state index contributed by atoms with van der Waals surface area (Å²) in [6.07, 6.45) is 5.07. The molecule has 1 N–H and O–H groups in total. The van der Waals surface area contributed by atoms with Crippen molar-refractivity contribution in [2.75, 3.05) is 19.5 Å². The van der Waals surface area contributed by atoms with Crippen molar-refractivity contribution in [3.63, 3.8) is 0 Å². The average Bonchev–Trinajstić information content (AvgIpc) is 2.49. The molecule has 0 aliphatic heterocycles. The molecule has 0 bridgehead atoms. The summed E-state index contributed by atoms with van der Waals surface area (Å²) in [6.45, 7) is 1.93. The Hall–Kier alpha value is -1.85. The van der Waals surface area contributed by atoms with E-state index >= 15 is 0 Å². The maximum Gasteiger partial charge on any atom is 0.308 e. The zero-order valence-electron chi connectivity index (χ0n) is 12.2. The standard InChI is InChI=1S/C14H21N3O3/c1-9-12(15-8-16-13(9)19-2)17-11-6-4-10(5-7-11)14(18)20-3/h8,10-11H,4-7H2,1-3H3,(H,15,16,17). The Morgan fingerprint density at radius 3 is 2.55 bits per heavy atom. The monoisotopic (exact) mass is 279 g/mol. The molecule has 20 heavy (non-hydrogen) atoms. The van der Waals surface area contributed by atoms with Gasteiger partial charge in [-0.2, -0.15) is 0 Å². The van der Waals surface area contributed by atoms with Gasteiger partial charge in [-0.05, 0) is 32.6 Å². The van der Waals surface area contributed by atoms with E-state index < -0.39 is 0 Å². The highest BCUT2D eigenvalue weighted by Crippen LogP contribution is 2.28. The first-order chi connectivity index (χ1) is 9.65. The van der Waals surface area contributed by atoms with Crippen LogP contribution in [0.3, 0.4) is 0 Å². The van der Waals surface area contributed by atoms with Gasteiger partial charge in [-0.3, -0.25) is 4.79 Å². The van der Waals surface area contributed by atoms with E-state index in [9.17, 15) is 4.79 Å². The summed E-state index contributed by atoms with van der Waals surface area (Å²) in [5, 5.41) is 3.42. The average molecular weight is 279 g/mol. The number of hydrogen-bond acceptors (Lipinski definition) is 6. The van der Waals surface area contributed by atoms with Crippen LogP contribution in [-0.4, -0.2) is 36.2 Å². The second-order valence-electron chi connectivity index (χ2n) is 5.07. The number of carbonyl (C=O) groups is 1. The van der Waals surface area contributed by atoms with Gasteiger partial charge in [0.05, 0.1) is 25.7 Å². The van der Waals surface area contributed by atoms with Crippen molar-refractivity contribution in [1.82, 2.24) is 9.97 Å². The summed E-state index contributed by atoms with van der Waals surface area (Å²) in [5.74, 6) is 1.34. The molecule has 0 aromatic carbocycles. The molecule has 6 heteroatoms. The second kappa shape index (κ2) is 6.54. The van der Waals surface area contributed by atoms with Gasteiger partial charge < -0.3 is 14.8 Å². The zero-order valence-corrected chi connectivity index (χ0v) is 12.2. The number of anilines is 1. The van der Waals surface area contributed by atoms with Crippen LogP contribution in [0, 0.1) is 12.8 Å². The summed E-state index contributed by atoms with van der Waals surface area (Å²) in [4.78, 5) is 19.8. The lowest BCUT2D eigenvalue weighted by Crippen LogP contribution is -2.30. The number of ether oxygens (including phenoxy) is 2. The number of nitrogens with zero attached hydrogens (tertiary/aromatic N) is 2. The Morgan fingerprint density at radius 1 is 1.25 bits per heavy atom. The molecule has 1 saturated carbocycles. The van der Waals surface area contributed by atoms with Crippen LogP contribution >= 0.6 is 0 Å². The van der Waals surface area contributed by atoms with Gasteiger partial charge in [-0.25, -0.2) is 9.97 Å². The van der Waals surface area contributed by atoms with Gasteiger partial charge in [0, 0.05) is 6.04 Å². The molecular weight excluding hydrogens is 258 g/mol. The molecule has 0 radical (unpaired) electrons. The molecule has 1 aliphatic rings.